The molecule has 0 aromatic heterocycles. The predicted molar refractivity (Wildman–Crippen MR) is 130 cm³/mol. The first-order valence-electron chi connectivity index (χ1n) is 10.3. The van der Waals surface area contributed by atoms with E-state index in [1.807, 2.05) is 0 Å². The van der Waals surface area contributed by atoms with Gasteiger partial charge in [0, 0.05) is 22.2 Å². The number of carbonyl (C=O) groups is 1. The Morgan fingerprint density at radius 3 is 2.06 bits per heavy atom. The number of anilines is 1. The number of carbonyl (C=O) groups excluding carboxylic acids is 1. The Labute approximate surface area is 208 Å². The van der Waals surface area contributed by atoms with Gasteiger partial charge in [0.05, 0.1) is 34.1 Å². The summed E-state index contributed by atoms with van der Waals surface area (Å²) >= 11 is 6.25. The fourth-order valence-electron chi connectivity index (χ4n) is 4.09. The van der Waals surface area contributed by atoms with Gasteiger partial charge in [-0.1, -0.05) is 11.6 Å². The number of nitrogens with two attached hydrogens (primary N) is 1. The zero-order valence-corrected chi connectivity index (χ0v) is 20.9. The van der Waals surface area contributed by atoms with E-state index < -0.39 is 21.5 Å². The zero-order chi connectivity index (χ0) is 25.5. The van der Waals surface area contributed by atoms with Crippen LogP contribution in [0.3, 0.4) is 0 Å². The average Bonchev–Trinajstić information content (AvgIpc) is 3.10. The standard InChI is InChI=1S/C24H23ClN2O7S/c1-31-15-6-9-20(33-3)18(12-15)24(26)17-11-14(25)5-8-19(17)27(23(24)28)35(29,30)22-10-7-16(32-2)13-21(22)34-4/h5-13H,26H2,1-4H3. The second-order valence-corrected chi connectivity index (χ2v) is 9.82. The molecule has 1 unspecified atom stereocenters. The van der Waals surface area contributed by atoms with E-state index in [0.717, 1.165) is 0 Å². The minimum atomic E-state index is -4.49. The maximum absolute atomic E-state index is 14.0. The van der Waals surface area contributed by atoms with Crippen LogP contribution in [0.15, 0.2) is 59.5 Å². The Hall–Kier alpha value is -3.47. The van der Waals surface area contributed by atoms with Gasteiger partial charge in [0.15, 0.2) is 5.54 Å². The second kappa shape index (κ2) is 8.95. The smallest absolute Gasteiger partial charge is 0.274 e. The molecule has 0 fully saturated rings. The molecule has 9 nitrogen and oxygen atoms in total. The van der Waals surface area contributed by atoms with Crippen molar-refractivity contribution >= 4 is 33.2 Å². The highest BCUT2D eigenvalue weighted by Crippen LogP contribution is 2.49. The van der Waals surface area contributed by atoms with E-state index in [1.165, 1.54) is 70.9 Å². The van der Waals surface area contributed by atoms with Crippen LogP contribution >= 0.6 is 11.6 Å². The molecule has 1 aliphatic rings. The molecule has 1 atom stereocenters. The van der Waals surface area contributed by atoms with Crippen LogP contribution in [-0.4, -0.2) is 42.8 Å². The lowest BCUT2D eigenvalue weighted by Gasteiger charge is -2.27. The summed E-state index contributed by atoms with van der Waals surface area (Å²) < 4.78 is 49.7. The summed E-state index contributed by atoms with van der Waals surface area (Å²) in [6, 6.07) is 13.3. The van der Waals surface area contributed by atoms with E-state index in [1.54, 1.807) is 12.1 Å². The number of nitrogens with zero attached hydrogens (tertiary/aromatic N) is 1. The summed E-state index contributed by atoms with van der Waals surface area (Å²) in [6.07, 6.45) is 0. The molecule has 1 amide bonds. The van der Waals surface area contributed by atoms with E-state index in [2.05, 4.69) is 0 Å². The van der Waals surface area contributed by atoms with Gasteiger partial charge in [-0.15, -0.1) is 0 Å². The molecular formula is C24H23ClN2O7S. The van der Waals surface area contributed by atoms with Crippen molar-refractivity contribution in [2.75, 3.05) is 32.7 Å². The second-order valence-electron chi connectivity index (χ2n) is 7.63. The summed E-state index contributed by atoms with van der Waals surface area (Å²) in [7, 11) is 1.16. The lowest BCUT2D eigenvalue weighted by atomic mass is 9.84. The number of benzene rings is 3. The topological polar surface area (TPSA) is 117 Å². The molecule has 2 N–H and O–H groups in total. The van der Waals surface area contributed by atoms with Gasteiger partial charge in [-0.05, 0) is 48.5 Å². The van der Waals surface area contributed by atoms with E-state index in [0.29, 0.717) is 15.8 Å². The van der Waals surface area contributed by atoms with Gasteiger partial charge in [-0.3, -0.25) is 4.79 Å². The summed E-state index contributed by atoms with van der Waals surface area (Å²) in [5, 5.41) is 0.273. The third kappa shape index (κ3) is 3.74. The highest BCUT2D eigenvalue weighted by atomic mass is 35.5. The Bertz CT molecular complexity index is 1430. The number of methoxy groups -OCH3 is 4. The molecule has 1 aliphatic heterocycles. The molecule has 0 aliphatic carbocycles. The van der Waals surface area contributed by atoms with Crippen molar-refractivity contribution in [1.82, 2.24) is 0 Å². The molecular weight excluding hydrogens is 496 g/mol. The van der Waals surface area contributed by atoms with Gasteiger partial charge in [0.25, 0.3) is 15.9 Å². The van der Waals surface area contributed by atoms with Crippen LogP contribution in [0.4, 0.5) is 5.69 Å². The maximum atomic E-state index is 14.0. The number of ether oxygens (including phenoxy) is 4. The molecule has 3 aromatic rings. The molecule has 184 valence electrons. The van der Waals surface area contributed by atoms with Gasteiger partial charge in [0.2, 0.25) is 0 Å². The van der Waals surface area contributed by atoms with Crippen LogP contribution in [0.25, 0.3) is 0 Å². The van der Waals surface area contributed by atoms with Gasteiger partial charge in [-0.25, -0.2) is 12.7 Å². The molecule has 0 saturated heterocycles. The van der Waals surface area contributed by atoms with Crippen LogP contribution in [0, 0.1) is 0 Å². The van der Waals surface area contributed by atoms with E-state index in [4.69, 9.17) is 36.3 Å². The van der Waals surface area contributed by atoms with Crippen molar-refractivity contribution in [3.05, 3.63) is 70.7 Å². The molecule has 3 aromatic carbocycles. The first kappa shape index (κ1) is 24.6. The minimum absolute atomic E-state index is 0.00106. The van der Waals surface area contributed by atoms with Crippen molar-refractivity contribution in [3.63, 3.8) is 0 Å². The van der Waals surface area contributed by atoms with Crippen molar-refractivity contribution in [2.24, 2.45) is 5.73 Å². The summed E-state index contributed by atoms with van der Waals surface area (Å²) in [4.78, 5) is 13.8. The van der Waals surface area contributed by atoms with Crippen molar-refractivity contribution in [3.8, 4) is 23.0 Å². The predicted octanol–water partition coefficient (Wildman–Crippen LogP) is 3.31. The third-order valence-electron chi connectivity index (χ3n) is 5.84. The van der Waals surface area contributed by atoms with E-state index in [-0.39, 0.29) is 38.2 Å². The van der Waals surface area contributed by atoms with Crippen LogP contribution in [0.2, 0.25) is 5.02 Å². The third-order valence-corrected chi connectivity index (χ3v) is 7.82. The number of sulfonamides is 1. The number of rotatable bonds is 7. The Kier molecular flexibility index (Phi) is 6.31. The van der Waals surface area contributed by atoms with Crippen LogP contribution < -0.4 is 29.0 Å². The van der Waals surface area contributed by atoms with Crippen molar-refractivity contribution in [2.45, 2.75) is 10.4 Å². The number of fused-ring (bicyclic) bond motifs is 1. The van der Waals surface area contributed by atoms with Gasteiger partial charge < -0.3 is 24.7 Å². The molecule has 11 heteroatoms. The lowest BCUT2D eigenvalue weighted by Crippen LogP contribution is -2.49. The molecule has 35 heavy (non-hydrogen) atoms. The molecule has 0 radical (unpaired) electrons. The first-order chi connectivity index (χ1) is 16.6. The molecule has 0 spiro atoms. The highest BCUT2D eigenvalue weighted by Gasteiger charge is 2.55. The molecule has 0 saturated carbocycles. The lowest BCUT2D eigenvalue weighted by molar-refractivity contribution is -0.120. The fourth-order valence-corrected chi connectivity index (χ4v) is 5.88. The van der Waals surface area contributed by atoms with Crippen molar-refractivity contribution < 1.29 is 32.2 Å². The summed E-state index contributed by atoms with van der Waals surface area (Å²) in [5.74, 6) is 0.143. The van der Waals surface area contributed by atoms with Crippen molar-refractivity contribution in [1.29, 1.82) is 0 Å². The minimum Gasteiger partial charge on any atom is -0.497 e. The number of hydrogen-bond donors (Lipinski definition) is 1. The molecule has 4 rings (SSSR count). The molecule has 0 bridgehead atoms. The average molecular weight is 519 g/mol. The Balaban J connectivity index is 1.99. The van der Waals surface area contributed by atoms with Crippen LogP contribution in [0.5, 0.6) is 23.0 Å². The van der Waals surface area contributed by atoms with Crippen LogP contribution in [-0.2, 0) is 20.4 Å². The summed E-state index contributed by atoms with van der Waals surface area (Å²) in [6.45, 7) is 0. The number of amides is 1. The monoisotopic (exact) mass is 518 g/mol. The quantitative estimate of drug-likeness (QED) is 0.506. The Morgan fingerprint density at radius 2 is 1.43 bits per heavy atom. The Morgan fingerprint density at radius 1 is 0.800 bits per heavy atom. The zero-order valence-electron chi connectivity index (χ0n) is 19.4. The van der Waals surface area contributed by atoms with Crippen LogP contribution in [0.1, 0.15) is 11.1 Å². The largest absolute Gasteiger partial charge is 0.497 e. The van der Waals surface area contributed by atoms with E-state index >= 15 is 0 Å². The SMILES string of the molecule is COc1ccc(S(=O)(=O)N2C(=O)C(N)(c3cc(OC)ccc3OC)c3cc(Cl)ccc32)c(OC)c1. The highest BCUT2D eigenvalue weighted by molar-refractivity contribution is 7.93. The number of hydrogen-bond acceptors (Lipinski definition) is 8. The summed E-state index contributed by atoms with van der Waals surface area (Å²) in [5.41, 5.74) is 5.30. The first-order valence-corrected chi connectivity index (χ1v) is 12.1. The number of halogens is 1. The van der Waals surface area contributed by atoms with Gasteiger partial charge in [-0.2, -0.15) is 0 Å². The fraction of sp³-hybridized carbons (Fsp3) is 0.208. The van der Waals surface area contributed by atoms with E-state index in [9.17, 15) is 13.2 Å². The van der Waals surface area contributed by atoms with Gasteiger partial charge in [0.1, 0.15) is 27.9 Å². The normalized spacial score (nSPS) is 17.2. The molecule has 1 heterocycles. The maximum Gasteiger partial charge on any atom is 0.274 e. The van der Waals surface area contributed by atoms with Gasteiger partial charge >= 0.3 is 0 Å².